The van der Waals surface area contributed by atoms with Gasteiger partial charge in [0, 0.05) is 42.9 Å². The molecule has 0 saturated carbocycles. The molecule has 0 radical (unpaired) electrons. The number of nitrogens with zero attached hydrogens (tertiary/aromatic N) is 3. The first-order valence-corrected chi connectivity index (χ1v) is 11.0. The molecule has 0 N–H and O–H groups in total. The average molecular weight is 410 g/mol. The molecule has 0 unspecified atom stereocenters. The molecule has 4 rings (SSSR count). The van der Waals surface area contributed by atoms with Crippen molar-refractivity contribution < 1.29 is 4.79 Å². The third-order valence-corrected chi connectivity index (χ3v) is 6.24. The van der Waals surface area contributed by atoms with Gasteiger partial charge in [-0.1, -0.05) is 49.6 Å². The van der Waals surface area contributed by atoms with E-state index in [0.29, 0.717) is 16.6 Å². The van der Waals surface area contributed by atoms with Crippen molar-refractivity contribution in [1.82, 2.24) is 14.5 Å². The normalized spacial score (nSPS) is 15.2. The molecule has 0 aliphatic carbocycles. The van der Waals surface area contributed by atoms with Crippen LogP contribution in [-0.4, -0.2) is 33.4 Å². The summed E-state index contributed by atoms with van der Waals surface area (Å²) in [6, 6.07) is 12.2. The number of fused-ring (bicyclic) bond motifs is 1. The summed E-state index contributed by atoms with van der Waals surface area (Å²) in [5.74, 6) is 0.550. The number of aryl methyl sites for hydroxylation is 1. The third kappa shape index (κ3) is 4.32. The Morgan fingerprint density at radius 2 is 1.93 bits per heavy atom. The van der Waals surface area contributed by atoms with Gasteiger partial charge in [0.05, 0.1) is 5.56 Å². The third-order valence-electron chi connectivity index (χ3n) is 6.02. The summed E-state index contributed by atoms with van der Waals surface area (Å²) < 4.78 is 2.43. The van der Waals surface area contributed by atoms with Crippen LogP contribution >= 0.6 is 11.6 Å². The number of aromatic nitrogens is 2. The van der Waals surface area contributed by atoms with Crippen molar-refractivity contribution in [2.24, 2.45) is 0 Å². The lowest BCUT2D eigenvalue weighted by Crippen LogP contribution is -2.37. The van der Waals surface area contributed by atoms with Gasteiger partial charge >= 0.3 is 0 Å². The number of carbonyl (C=O) groups is 1. The Morgan fingerprint density at radius 1 is 1.14 bits per heavy atom. The summed E-state index contributed by atoms with van der Waals surface area (Å²) in [6.45, 7) is 4.88. The van der Waals surface area contributed by atoms with Crippen molar-refractivity contribution in [3.8, 4) is 0 Å². The number of likely N-dealkylation sites (tertiary alicyclic amines) is 1. The predicted octanol–water partition coefficient (Wildman–Crippen LogP) is 5.90. The minimum absolute atomic E-state index is 0.0506. The molecule has 2 aromatic heterocycles. The highest BCUT2D eigenvalue weighted by atomic mass is 35.5. The van der Waals surface area contributed by atoms with E-state index in [1.165, 1.54) is 35.7 Å². The second-order valence-electron chi connectivity index (χ2n) is 7.94. The van der Waals surface area contributed by atoms with E-state index in [2.05, 4.69) is 46.9 Å². The van der Waals surface area contributed by atoms with Crippen LogP contribution in [0.4, 0.5) is 0 Å². The fraction of sp³-hybridized carbons (Fsp3) is 0.417. The molecule has 1 aliphatic heterocycles. The molecule has 3 heterocycles. The van der Waals surface area contributed by atoms with Crippen LogP contribution in [0.25, 0.3) is 10.9 Å². The molecule has 0 spiro atoms. The molecule has 1 fully saturated rings. The van der Waals surface area contributed by atoms with Crippen LogP contribution in [0.5, 0.6) is 0 Å². The number of hydrogen-bond acceptors (Lipinski definition) is 2. The first kappa shape index (κ1) is 20.0. The Kier molecular flexibility index (Phi) is 6.19. The second-order valence-corrected chi connectivity index (χ2v) is 8.33. The monoisotopic (exact) mass is 409 g/mol. The van der Waals surface area contributed by atoms with Gasteiger partial charge in [-0.25, -0.2) is 4.98 Å². The fourth-order valence-corrected chi connectivity index (χ4v) is 4.51. The topological polar surface area (TPSA) is 38.1 Å². The van der Waals surface area contributed by atoms with Gasteiger partial charge in [-0.05, 0) is 48.9 Å². The van der Waals surface area contributed by atoms with E-state index in [9.17, 15) is 4.79 Å². The van der Waals surface area contributed by atoms with Crippen LogP contribution in [0.2, 0.25) is 5.15 Å². The van der Waals surface area contributed by atoms with Crippen molar-refractivity contribution >= 4 is 28.4 Å². The Morgan fingerprint density at radius 3 is 2.66 bits per heavy atom. The van der Waals surface area contributed by atoms with Crippen molar-refractivity contribution in [3.63, 3.8) is 0 Å². The maximum Gasteiger partial charge on any atom is 0.255 e. The molecule has 29 heavy (non-hydrogen) atoms. The predicted molar refractivity (Wildman–Crippen MR) is 119 cm³/mol. The summed E-state index contributed by atoms with van der Waals surface area (Å²) in [5.41, 5.74) is 3.39. The number of pyridine rings is 1. The number of unbranched alkanes of at least 4 members (excludes halogenated alkanes) is 2. The van der Waals surface area contributed by atoms with E-state index in [1.54, 1.807) is 18.3 Å². The molecule has 0 bridgehead atoms. The molecular weight excluding hydrogens is 382 g/mol. The van der Waals surface area contributed by atoms with Crippen molar-refractivity contribution in [2.75, 3.05) is 13.1 Å². The maximum atomic E-state index is 12.8. The second kappa shape index (κ2) is 9.00. The SMILES string of the molecule is CCCCCn1cc(C2CCN(C(=O)c3ccc(Cl)nc3)CC2)c2ccccc21. The standard InChI is InChI=1S/C24H28ClN3O/c1-2-3-6-13-28-17-21(20-7-4-5-8-22(20)28)18-11-14-27(15-12-18)24(29)19-9-10-23(25)26-16-19/h4-5,7-10,16-18H,2-3,6,11-15H2,1H3. The zero-order valence-corrected chi connectivity index (χ0v) is 17.7. The minimum Gasteiger partial charge on any atom is -0.347 e. The van der Waals surface area contributed by atoms with E-state index < -0.39 is 0 Å². The maximum absolute atomic E-state index is 12.8. The Labute approximate surface area is 177 Å². The summed E-state index contributed by atoms with van der Waals surface area (Å²) >= 11 is 5.84. The molecule has 1 aromatic carbocycles. The number of rotatable bonds is 6. The lowest BCUT2D eigenvalue weighted by molar-refractivity contribution is 0.0713. The van der Waals surface area contributed by atoms with E-state index >= 15 is 0 Å². The molecule has 1 saturated heterocycles. The minimum atomic E-state index is 0.0506. The number of hydrogen-bond donors (Lipinski definition) is 0. The van der Waals surface area contributed by atoms with E-state index in [4.69, 9.17) is 11.6 Å². The van der Waals surface area contributed by atoms with Gasteiger partial charge in [0.2, 0.25) is 0 Å². The van der Waals surface area contributed by atoms with Crippen LogP contribution in [0.3, 0.4) is 0 Å². The molecule has 1 aliphatic rings. The Balaban J connectivity index is 1.47. The number of amides is 1. The van der Waals surface area contributed by atoms with Gasteiger partial charge in [0.25, 0.3) is 5.91 Å². The van der Waals surface area contributed by atoms with Crippen LogP contribution in [0, 0.1) is 0 Å². The van der Waals surface area contributed by atoms with E-state index in [1.807, 2.05) is 4.90 Å². The van der Waals surface area contributed by atoms with Gasteiger partial charge in [0.1, 0.15) is 5.15 Å². The lowest BCUT2D eigenvalue weighted by Gasteiger charge is -2.32. The molecule has 0 atom stereocenters. The van der Waals surface area contributed by atoms with Crippen molar-refractivity contribution in [2.45, 2.75) is 51.5 Å². The molecule has 4 nitrogen and oxygen atoms in total. The molecule has 1 amide bonds. The fourth-order valence-electron chi connectivity index (χ4n) is 4.40. The number of carbonyl (C=O) groups excluding carboxylic acids is 1. The Bertz CT molecular complexity index is 971. The first-order valence-electron chi connectivity index (χ1n) is 10.7. The summed E-state index contributed by atoms with van der Waals surface area (Å²) in [6.07, 6.45) is 9.65. The van der Waals surface area contributed by atoms with Crippen molar-refractivity contribution in [1.29, 1.82) is 0 Å². The zero-order valence-electron chi connectivity index (χ0n) is 17.0. The molecule has 152 valence electrons. The highest BCUT2D eigenvalue weighted by molar-refractivity contribution is 6.29. The molecule has 5 heteroatoms. The van der Waals surface area contributed by atoms with Crippen LogP contribution < -0.4 is 0 Å². The smallest absolute Gasteiger partial charge is 0.255 e. The summed E-state index contributed by atoms with van der Waals surface area (Å²) in [7, 11) is 0. The van der Waals surface area contributed by atoms with Crippen molar-refractivity contribution in [3.05, 3.63) is 65.1 Å². The van der Waals surface area contributed by atoms with Gasteiger partial charge in [-0.2, -0.15) is 0 Å². The van der Waals surface area contributed by atoms with Crippen LogP contribution in [0.15, 0.2) is 48.8 Å². The largest absolute Gasteiger partial charge is 0.347 e. The lowest BCUT2D eigenvalue weighted by atomic mass is 9.89. The Hall–Kier alpha value is -2.33. The summed E-state index contributed by atoms with van der Waals surface area (Å²) in [4.78, 5) is 18.7. The van der Waals surface area contributed by atoms with Gasteiger partial charge in [-0.3, -0.25) is 4.79 Å². The van der Waals surface area contributed by atoms with Gasteiger partial charge < -0.3 is 9.47 Å². The van der Waals surface area contributed by atoms with Gasteiger partial charge in [-0.15, -0.1) is 0 Å². The number of benzene rings is 1. The quantitative estimate of drug-likeness (QED) is 0.375. The molecule has 3 aromatic rings. The highest BCUT2D eigenvalue weighted by Crippen LogP contribution is 2.35. The van der Waals surface area contributed by atoms with E-state index in [0.717, 1.165) is 32.5 Å². The number of halogens is 1. The van der Waals surface area contributed by atoms with Crippen LogP contribution in [-0.2, 0) is 6.54 Å². The zero-order chi connectivity index (χ0) is 20.2. The number of piperidine rings is 1. The number of para-hydroxylation sites is 1. The first-order chi connectivity index (χ1) is 14.2. The van der Waals surface area contributed by atoms with E-state index in [-0.39, 0.29) is 5.91 Å². The molecular formula is C24H28ClN3O. The average Bonchev–Trinajstić information content (AvgIpc) is 3.13. The summed E-state index contributed by atoms with van der Waals surface area (Å²) in [5, 5.41) is 1.78. The highest BCUT2D eigenvalue weighted by Gasteiger charge is 2.26. The van der Waals surface area contributed by atoms with Crippen LogP contribution in [0.1, 0.15) is 60.9 Å². The van der Waals surface area contributed by atoms with Gasteiger partial charge in [0.15, 0.2) is 0 Å².